The molecule has 4 rings (SSSR count). The standard InChI is InChI=1S/C30H34N4O3/c1-19(2)37-27-15-14-23(16-20(27)3)29(35)33-26(30(36)31-4)17-21-10-12-22(13-11-21)28-32-24-8-6-7-9-25(18-24)34(28)5/h6-16,18-19,25-26H,17H2,1-5H3,(H,31,36)(H,33,35). The maximum Gasteiger partial charge on any atom is 0.251 e. The predicted molar refractivity (Wildman–Crippen MR) is 147 cm³/mol. The number of hydrogen-bond acceptors (Lipinski definition) is 5. The van der Waals surface area contributed by atoms with Gasteiger partial charge in [-0.1, -0.05) is 42.5 Å². The van der Waals surface area contributed by atoms with Crippen molar-refractivity contribution in [1.82, 2.24) is 15.5 Å². The van der Waals surface area contributed by atoms with Crippen LogP contribution in [0.4, 0.5) is 0 Å². The van der Waals surface area contributed by atoms with E-state index in [0.717, 1.165) is 34.0 Å². The van der Waals surface area contributed by atoms with Crippen LogP contribution in [0.3, 0.4) is 0 Å². The van der Waals surface area contributed by atoms with Crippen molar-refractivity contribution in [2.24, 2.45) is 4.99 Å². The van der Waals surface area contributed by atoms with Gasteiger partial charge in [-0.15, -0.1) is 0 Å². The van der Waals surface area contributed by atoms with E-state index in [2.05, 4.69) is 27.7 Å². The van der Waals surface area contributed by atoms with E-state index >= 15 is 0 Å². The fourth-order valence-electron chi connectivity index (χ4n) is 4.37. The van der Waals surface area contributed by atoms with Crippen molar-refractivity contribution in [2.75, 3.05) is 14.1 Å². The average Bonchev–Trinajstić information content (AvgIpc) is 3.09. The molecule has 1 aliphatic heterocycles. The Kier molecular flexibility index (Phi) is 7.92. The van der Waals surface area contributed by atoms with Gasteiger partial charge in [0.15, 0.2) is 0 Å². The zero-order chi connectivity index (χ0) is 26.5. The SMILES string of the molecule is CNC(=O)C(Cc1ccc(C2=NC3=CC(C=CC=C3)N2C)cc1)NC(=O)c1ccc(OC(C)C)c(C)c1. The van der Waals surface area contributed by atoms with Gasteiger partial charge in [-0.05, 0) is 62.2 Å². The lowest BCUT2D eigenvalue weighted by Crippen LogP contribution is -2.47. The topological polar surface area (TPSA) is 83.0 Å². The van der Waals surface area contributed by atoms with Gasteiger partial charge in [0, 0.05) is 31.6 Å². The Morgan fingerprint density at radius 2 is 1.86 bits per heavy atom. The number of amidine groups is 1. The highest BCUT2D eigenvalue weighted by Gasteiger charge is 2.23. The molecule has 2 aromatic rings. The molecule has 2 aromatic carbocycles. The first-order chi connectivity index (χ1) is 17.7. The molecule has 192 valence electrons. The molecule has 2 bridgehead atoms. The Hall–Kier alpha value is -4.13. The van der Waals surface area contributed by atoms with Crippen molar-refractivity contribution in [2.45, 2.75) is 45.4 Å². The summed E-state index contributed by atoms with van der Waals surface area (Å²) >= 11 is 0. The highest BCUT2D eigenvalue weighted by molar-refractivity contribution is 6.01. The lowest BCUT2D eigenvalue weighted by Gasteiger charge is -2.30. The van der Waals surface area contributed by atoms with Crippen LogP contribution >= 0.6 is 0 Å². The van der Waals surface area contributed by atoms with Crippen LogP contribution in [0.5, 0.6) is 5.75 Å². The summed E-state index contributed by atoms with van der Waals surface area (Å²) in [5, 5.41) is 5.56. The molecule has 2 aliphatic rings. The van der Waals surface area contributed by atoms with E-state index in [4.69, 9.17) is 9.73 Å². The van der Waals surface area contributed by atoms with Crippen LogP contribution < -0.4 is 15.4 Å². The van der Waals surface area contributed by atoms with Crippen LogP contribution in [-0.4, -0.2) is 54.8 Å². The van der Waals surface area contributed by atoms with Gasteiger partial charge in [0.1, 0.15) is 17.6 Å². The van der Waals surface area contributed by atoms with Gasteiger partial charge in [0.05, 0.1) is 17.8 Å². The van der Waals surface area contributed by atoms with Crippen molar-refractivity contribution in [1.29, 1.82) is 0 Å². The van der Waals surface area contributed by atoms with Crippen LogP contribution in [0, 0.1) is 6.92 Å². The number of rotatable bonds is 8. The number of carbonyl (C=O) groups is 2. The summed E-state index contributed by atoms with van der Waals surface area (Å²) in [6.45, 7) is 5.82. The molecule has 2 atom stereocenters. The van der Waals surface area contributed by atoms with Gasteiger partial charge in [-0.3, -0.25) is 9.59 Å². The van der Waals surface area contributed by atoms with Crippen LogP contribution in [0.1, 0.15) is 40.9 Å². The van der Waals surface area contributed by atoms with Crippen molar-refractivity contribution >= 4 is 17.6 Å². The third-order valence-electron chi connectivity index (χ3n) is 6.36. The minimum atomic E-state index is -0.715. The van der Waals surface area contributed by atoms with Crippen LogP contribution in [-0.2, 0) is 11.2 Å². The van der Waals surface area contributed by atoms with E-state index in [-0.39, 0.29) is 24.0 Å². The second kappa shape index (κ2) is 11.3. The summed E-state index contributed by atoms with van der Waals surface area (Å²) < 4.78 is 5.77. The number of hydrogen-bond donors (Lipinski definition) is 2. The van der Waals surface area contributed by atoms with E-state index in [9.17, 15) is 9.59 Å². The van der Waals surface area contributed by atoms with Crippen LogP contribution in [0.25, 0.3) is 0 Å². The summed E-state index contributed by atoms with van der Waals surface area (Å²) in [5.74, 6) is 1.08. The molecule has 0 saturated carbocycles. The highest BCUT2D eigenvalue weighted by Crippen LogP contribution is 2.23. The molecule has 0 radical (unpaired) electrons. The van der Waals surface area contributed by atoms with Crippen molar-refractivity contribution < 1.29 is 14.3 Å². The third kappa shape index (κ3) is 6.17. The second-order valence-corrected chi connectivity index (χ2v) is 9.56. The summed E-state index contributed by atoms with van der Waals surface area (Å²) in [4.78, 5) is 32.6. The predicted octanol–water partition coefficient (Wildman–Crippen LogP) is 3.94. The molecule has 0 aromatic heterocycles. The molecule has 2 unspecified atom stereocenters. The number of allylic oxidation sites excluding steroid dienone is 3. The normalized spacial score (nSPS) is 17.0. The molecular formula is C30H34N4O3. The Morgan fingerprint density at radius 3 is 2.54 bits per heavy atom. The molecular weight excluding hydrogens is 464 g/mol. The van der Waals surface area contributed by atoms with Crippen molar-refractivity contribution in [3.63, 3.8) is 0 Å². The number of carbonyl (C=O) groups excluding carboxylic acids is 2. The molecule has 2 N–H and O–H groups in total. The van der Waals surface area contributed by atoms with Gasteiger partial charge in [-0.25, -0.2) is 4.99 Å². The Balaban J connectivity index is 1.48. The van der Waals surface area contributed by atoms with Gasteiger partial charge < -0.3 is 20.3 Å². The fraction of sp³-hybridized carbons (Fsp3) is 0.300. The number of amides is 2. The number of aliphatic imine (C=N–C) groups is 1. The van der Waals surface area contributed by atoms with E-state index in [1.165, 1.54) is 0 Å². The van der Waals surface area contributed by atoms with Gasteiger partial charge in [0.25, 0.3) is 5.91 Å². The number of aryl methyl sites for hydroxylation is 1. The zero-order valence-corrected chi connectivity index (χ0v) is 22.0. The molecule has 1 heterocycles. The lowest BCUT2D eigenvalue weighted by atomic mass is 10.0. The van der Waals surface area contributed by atoms with Crippen molar-refractivity contribution in [3.8, 4) is 5.75 Å². The number of nitrogens with one attached hydrogen (secondary N) is 2. The first kappa shape index (κ1) is 25.9. The third-order valence-corrected chi connectivity index (χ3v) is 6.36. The average molecular weight is 499 g/mol. The number of likely N-dealkylation sites (N-methyl/N-ethyl adjacent to an activating group) is 2. The smallest absolute Gasteiger partial charge is 0.251 e. The Labute approximate surface area is 218 Å². The highest BCUT2D eigenvalue weighted by atomic mass is 16.5. The first-order valence-corrected chi connectivity index (χ1v) is 12.5. The minimum absolute atomic E-state index is 0.0443. The summed E-state index contributed by atoms with van der Waals surface area (Å²) in [6, 6.07) is 12.7. The molecule has 1 aliphatic carbocycles. The molecule has 0 spiro atoms. The van der Waals surface area contributed by atoms with E-state index in [1.807, 2.05) is 70.3 Å². The van der Waals surface area contributed by atoms with Crippen LogP contribution in [0.2, 0.25) is 0 Å². The Bertz CT molecular complexity index is 1290. The monoisotopic (exact) mass is 498 g/mol. The largest absolute Gasteiger partial charge is 0.491 e. The number of fused-ring (bicyclic) bond motifs is 1. The van der Waals surface area contributed by atoms with E-state index < -0.39 is 6.04 Å². The lowest BCUT2D eigenvalue weighted by molar-refractivity contribution is -0.122. The number of nitrogens with zero attached hydrogens (tertiary/aromatic N) is 2. The van der Waals surface area contributed by atoms with Crippen LogP contribution in [0.15, 0.2) is 83.5 Å². The molecule has 0 saturated heterocycles. The molecule has 2 amide bonds. The quantitative estimate of drug-likeness (QED) is 0.578. The minimum Gasteiger partial charge on any atom is -0.491 e. The molecule has 0 fully saturated rings. The summed E-state index contributed by atoms with van der Waals surface area (Å²) in [5.41, 5.74) is 4.21. The molecule has 7 heteroatoms. The maximum atomic E-state index is 13.0. The summed E-state index contributed by atoms with van der Waals surface area (Å²) in [6.07, 6.45) is 10.7. The molecule has 7 nitrogen and oxygen atoms in total. The van der Waals surface area contributed by atoms with E-state index in [1.54, 1.807) is 25.2 Å². The van der Waals surface area contributed by atoms with Crippen molar-refractivity contribution in [3.05, 3.63) is 101 Å². The second-order valence-electron chi connectivity index (χ2n) is 9.56. The summed E-state index contributed by atoms with van der Waals surface area (Å²) in [7, 11) is 3.60. The van der Waals surface area contributed by atoms with Gasteiger partial charge in [-0.2, -0.15) is 0 Å². The number of benzene rings is 2. The van der Waals surface area contributed by atoms with Gasteiger partial charge >= 0.3 is 0 Å². The van der Waals surface area contributed by atoms with E-state index in [0.29, 0.717) is 12.0 Å². The fourth-order valence-corrected chi connectivity index (χ4v) is 4.37. The Morgan fingerprint density at radius 1 is 1.11 bits per heavy atom. The zero-order valence-electron chi connectivity index (χ0n) is 22.0. The number of ether oxygens (including phenoxy) is 1. The first-order valence-electron chi connectivity index (χ1n) is 12.5. The maximum absolute atomic E-state index is 13.0. The molecule has 37 heavy (non-hydrogen) atoms. The van der Waals surface area contributed by atoms with Gasteiger partial charge in [0.2, 0.25) is 5.91 Å².